The number of benzene rings is 3. The van der Waals surface area contributed by atoms with E-state index in [-0.39, 0.29) is 29.5 Å². The van der Waals surface area contributed by atoms with Gasteiger partial charge in [0, 0.05) is 22.8 Å². The number of aromatic hydroxyl groups is 2. The lowest BCUT2D eigenvalue weighted by molar-refractivity contribution is 0.00585. The number of phenols is 2. The Bertz CT molecular complexity index is 1270. The summed E-state index contributed by atoms with van der Waals surface area (Å²) in [5, 5.41) is 21.9. The topological polar surface area (TPSA) is 77.4 Å². The first-order valence-corrected chi connectivity index (χ1v) is 11.7. The van der Waals surface area contributed by atoms with Crippen LogP contribution in [0.5, 0.6) is 23.0 Å². The van der Waals surface area contributed by atoms with Crippen LogP contribution in [0.15, 0.2) is 36.4 Å². The first-order chi connectivity index (χ1) is 16.8. The predicted octanol–water partition coefficient (Wildman–Crippen LogP) is 5.43. The lowest BCUT2D eigenvalue weighted by Gasteiger charge is -2.34. The summed E-state index contributed by atoms with van der Waals surface area (Å²) >= 11 is 0. The van der Waals surface area contributed by atoms with Crippen LogP contribution in [0.1, 0.15) is 47.8 Å². The fourth-order valence-corrected chi connectivity index (χ4v) is 5.28. The molecular weight excluding hydrogens is 451 g/mol. The molecule has 0 saturated carbocycles. The lowest BCUT2D eigenvalue weighted by atomic mass is 9.81. The highest BCUT2D eigenvalue weighted by molar-refractivity contribution is 5.83. The van der Waals surface area contributed by atoms with Gasteiger partial charge in [0.2, 0.25) is 0 Å². The Balaban J connectivity index is 1.80. The molecule has 0 amide bonds. The molecule has 3 aromatic rings. The van der Waals surface area contributed by atoms with E-state index in [4.69, 9.17) is 18.9 Å². The molecular formula is C28H29FO6. The number of halogens is 1. The van der Waals surface area contributed by atoms with Crippen molar-refractivity contribution in [3.05, 3.63) is 70.0 Å². The maximum Gasteiger partial charge on any atom is 0.164 e. The van der Waals surface area contributed by atoms with E-state index in [1.165, 1.54) is 12.1 Å². The van der Waals surface area contributed by atoms with Crippen molar-refractivity contribution in [3.8, 4) is 34.1 Å². The Morgan fingerprint density at radius 3 is 2.26 bits per heavy atom. The number of ether oxygens (including phenoxy) is 4. The van der Waals surface area contributed by atoms with E-state index in [1.807, 2.05) is 19.9 Å². The summed E-state index contributed by atoms with van der Waals surface area (Å²) in [6.45, 7) is 4.38. The third kappa shape index (κ3) is 3.98. The zero-order valence-electron chi connectivity index (χ0n) is 20.2. The van der Waals surface area contributed by atoms with Crippen LogP contribution in [0.25, 0.3) is 11.1 Å². The molecule has 6 nitrogen and oxygen atoms in total. The molecule has 3 aromatic carbocycles. The highest BCUT2D eigenvalue weighted by Gasteiger charge is 2.35. The zero-order chi connectivity index (χ0) is 24.9. The van der Waals surface area contributed by atoms with Crippen molar-refractivity contribution >= 4 is 0 Å². The van der Waals surface area contributed by atoms with Crippen LogP contribution in [0.3, 0.4) is 0 Å². The van der Waals surface area contributed by atoms with Gasteiger partial charge in [-0.25, -0.2) is 4.39 Å². The second-order valence-corrected chi connectivity index (χ2v) is 9.21. The van der Waals surface area contributed by atoms with Gasteiger partial charge in [0.1, 0.15) is 23.4 Å². The van der Waals surface area contributed by atoms with Gasteiger partial charge in [-0.3, -0.25) is 0 Å². The first kappa shape index (κ1) is 23.5. The standard InChI is InChI=1S/C28H29FO6/c1-14-9-19-21(13-34-14)23(32-3)12-24(33-4)25(19)20-11-22(30)27(31)26-18(20)10-15(2)35-28(26)16-5-7-17(29)8-6-16/h5-8,11-12,14-15,28,30-31H,9-10,13H2,1-4H3. The van der Waals surface area contributed by atoms with Gasteiger partial charge >= 0.3 is 0 Å². The van der Waals surface area contributed by atoms with Crippen molar-refractivity contribution in [3.63, 3.8) is 0 Å². The summed E-state index contributed by atoms with van der Waals surface area (Å²) in [7, 11) is 3.22. The number of rotatable bonds is 4. The van der Waals surface area contributed by atoms with Crippen LogP contribution < -0.4 is 9.47 Å². The molecule has 0 fully saturated rings. The molecule has 184 valence electrons. The van der Waals surface area contributed by atoms with Crippen molar-refractivity contribution < 1.29 is 33.6 Å². The molecule has 5 rings (SSSR count). The van der Waals surface area contributed by atoms with Crippen LogP contribution in [-0.4, -0.2) is 36.6 Å². The van der Waals surface area contributed by atoms with Crippen LogP contribution in [0, 0.1) is 5.82 Å². The van der Waals surface area contributed by atoms with E-state index in [9.17, 15) is 14.6 Å². The Morgan fingerprint density at radius 1 is 0.886 bits per heavy atom. The molecule has 2 aliphatic heterocycles. The fraction of sp³-hybridized carbons (Fsp3) is 0.357. The van der Waals surface area contributed by atoms with Crippen molar-refractivity contribution in [1.82, 2.24) is 0 Å². The minimum Gasteiger partial charge on any atom is -0.504 e. The van der Waals surface area contributed by atoms with E-state index in [0.717, 1.165) is 27.8 Å². The Morgan fingerprint density at radius 2 is 1.57 bits per heavy atom. The molecule has 7 heteroatoms. The van der Waals surface area contributed by atoms with E-state index in [2.05, 4.69) is 0 Å². The smallest absolute Gasteiger partial charge is 0.164 e. The molecule has 0 radical (unpaired) electrons. The highest BCUT2D eigenvalue weighted by atomic mass is 19.1. The summed E-state index contributed by atoms with van der Waals surface area (Å²) < 4.78 is 37.2. The average molecular weight is 481 g/mol. The molecule has 3 atom stereocenters. The molecule has 2 heterocycles. The van der Waals surface area contributed by atoms with E-state index in [0.29, 0.717) is 42.1 Å². The zero-order valence-corrected chi connectivity index (χ0v) is 20.2. The number of methoxy groups -OCH3 is 2. The van der Waals surface area contributed by atoms with Gasteiger partial charge in [-0.05, 0) is 67.1 Å². The third-order valence-electron chi connectivity index (χ3n) is 6.91. The predicted molar refractivity (Wildman–Crippen MR) is 129 cm³/mol. The summed E-state index contributed by atoms with van der Waals surface area (Å²) in [6, 6.07) is 9.44. The van der Waals surface area contributed by atoms with Gasteiger partial charge in [0.15, 0.2) is 11.5 Å². The molecule has 3 unspecified atom stereocenters. The highest BCUT2D eigenvalue weighted by Crippen LogP contribution is 2.52. The van der Waals surface area contributed by atoms with E-state index in [1.54, 1.807) is 32.4 Å². The third-order valence-corrected chi connectivity index (χ3v) is 6.91. The van der Waals surface area contributed by atoms with E-state index < -0.39 is 6.10 Å². The van der Waals surface area contributed by atoms with Gasteiger partial charge < -0.3 is 29.2 Å². The summed E-state index contributed by atoms with van der Waals surface area (Å²) in [5.74, 6) is 0.452. The van der Waals surface area contributed by atoms with Crippen LogP contribution >= 0.6 is 0 Å². The normalized spacial score (nSPS) is 21.2. The summed E-state index contributed by atoms with van der Waals surface area (Å²) in [6.07, 6.45) is 0.313. The quantitative estimate of drug-likeness (QED) is 0.485. The van der Waals surface area contributed by atoms with Crippen molar-refractivity contribution in [2.45, 2.75) is 51.6 Å². The maximum atomic E-state index is 13.6. The first-order valence-electron chi connectivity index (χ1n) is 11.7. The van der Waals surface area contributed by atoms with Gasteiger partial charge in [0.05, 0.1) is 33.0 Å². The molecule has 0 saturated heterocycles. The second kappa shape index (κ2) is 9.06. The van der Waals surface area contributed by atoms with Gasteiger partial charge in [-0.15, -0.1) is 0 Å². The van der Waals surface area contributed by atoms with Crippen molar-refractivity contribution in [2.75, 3.05) is 14.2 Å². The number of hydrogen-bond acceptors (Lipinski definition) is 6. The van der Waals surface area contributed by atoms with E-state index >= 15 is 0 Å². The maximum absolute atomic E-state index is 13.6. The van der Waals surface area contributed by atoms with Crippen LogP contribution in [0.2, 0.25) is 0 Å². The lowest BCUT2D eigenvalue weighted by Crippen LogP contribution is -2.26. The van der Waals surface area contributed by atoms with Crippen molar-refractivity contribution in [1.29, 1.82) is 0 Å². The molecule has 0 spiro atoms. The molecule has 0 bridgehead atoms. The minimum atomic E-state index is -0.664. The Hall–Kier alpha value is -3.29. The van der Waals surface area contributed by atoms with Crippen molar-refractivity contribution in [2.24, 2.45) is 0 Å². The molecule has 0 aliphatic carbocycles. The number of hydrogen-bond donors (Lipinski definition) is 2. The number of fused-ring (bicyclic) bond motifs is 2. The Kier molecular flexibility index (Phi) is 6.07. The Labute approximate surface area is 203 Å². The molecule has 2 aliphatic rings. The monoisotopic (exact) mass is 480 g/mol. The summed E-state index contributed by atoms with van der Waals surface area (Å²) in [5.41, 5.74) is 5.62. The van der Waals surface area contributed by atoms with Crippen LogP contribution in [0.4, 0.5) is 4.39 Å². The SMILES string of the molecule is COc1cc(OC)c(-c2cc(O)c(O)c3c2CC(C)OC3c2ccc(F)cc2)c2c1COC(C)C2. The largest absolute Gasteiger partial charge is 0.504 e. The number of phenolic OH excluding ortho intramolecular Hbond substituents is 2. The fourth-order valence-electron chi connectivity index (χ4n) is 5.28. The van der Waals surface area contributed by atoms with Gasteiger partial charge in [0.25, 0.3) is 0 Å². The average Bonchev–Trinajstić information content (AvgIpc) is 2.85. The molecule has 35 heavy (non-hydrogen) atoms. The molecule has 2 N–H and O–H groups in total. The second-order valence-electron chi connectivity index (χ2n) is 9.21. The van der Waals surface area contributed by atoms with Gasteiger partial charge in [-0.1, -0.05) is 12.1 Å². The molecule has 0 aromatic heterocycles. The van der Waals surface area contributed by atoms with Crippen LogP contribution in [-0.2, 0) is 28.9 Å². The summed E-state index contributed by atoms with van der Waals surface area (Å²) in [4.78, 5) is 0. The van der Waals surface area contributed by atoms with Gasteiger partial charge in [-0.2, -0.15) is 0 Å². The minimum absolute atomic E-state index is 0.00572.